The van der Waals surface area contributed by atoms with Crippen LogP contribution in [0.25, 0.3) is 5.53 Å². The quantitative estimate of drug-likeness (QED) is 0.524. The molecular weight excluding hydrogens is 198 g/mol. The number of rotatable bonds is 3. The third-order valence-corrected chi connectivity index (χ3v) is 2.22. The van der Waals surface area contributed by atoms with E-state index in [-0.39, 0.29) is 12.4 Å². The van der Waals surface area contributed by atoms with Gasteiger partial charge < -0.3 is 10.4 Å². The molecule has 0 heterocycles. The lowest BCUT2D eigenvalue weighted by molar-refractivity contribution is -0.00547. The van der Waals surface area contributed by atoms with E-state index in [1.807, 2.05) is 12.2 Å². The molecule has 0 unspecified atom stereocenters. The fraction of sp³-hybridized carbons (Fsp3) is 0.500. The van der Waals surface area contributed by atoms with Gasteiger partial charge in [0.05, 0.1) is 6.42 Å². The molecule has 1 aliphatic rings. The van der Waals surface area contributed by atoms with E-state index in [1.165, 1.54) is 5.70 Å². The average Bonchev–Trinajstić information content (AvgIpc) is 2.21. The summed E-state index contributed by atoms with van der Waals surface area (Å²) in [6.07, 6.45) is 6.65. The van der Waals surface area contributed by atoms with Gasteiger partial charge >= 0.3 is 0 Å². The second-order valence-electron chi connectivity index (χ2n) is 2.93. The molecule has 14 heavy (non-hydrogen) atoms. The van der Waals surface area contributed by atoms with Gasteiger partial charge in [-0.1, -0.05) is 0 Å². The first-order chi connectivity index (χ1) is 6.31. The molecule has 0 aromatic heterocycles. The monoisotopic (exact) mass is 213 g/mol. The second-order valence-corrected chi connectivity index (χ2v) is 2.93. The van der Waals surface area contributed by atoms with Gasteiger partial charge in [0, 0.05) is 24.9 Å². The van der Waals surface area contributed by atoms with Crippen molar-refractivity contribution in [2.24, 2.45) is 0 Å². The van der Waals surface area contributed by atoms with Crippen molar-refractivity contribution >= 4 is 18.1 Å². The Balaban J connectivity index is 0.00000169. The zero-order valence-corrected chi connectivity index (χ0v) is 9.42. The maximum Gasteiger partial charge on any atom is 0.295 e. The van der Waals surface area contributed by atoms with Gasteiger partial charge in [-0.25, -0.2) is 0 Å². The molecule has 0 radical (unpaired) electrons. The van der Waals surface area contributed by atoms with E-state index in [1.54, 1.807) is 0 Å². The van der Waals surface area contributed by atoms with E-state index in [0.717, 1.165) is 25.2 Å². The maximum absolute atomic E-state index is 8.52. The summed E-state index contributed by atoms with van der Waals surface area (Å²) in [7, 11) is 0. The minimum absolute atomic E-state index is 0. The lowest BCUT2D eigenvalue weighted by Crippen LogP contribution is -2.22. The predicted octanol–water partition coefficient (Wildman–Crippen LogP) is 2.26. The van der Waals surface area contributed by atoms with Gasteiger partial charge in [-0.15, -0.1) is 12.4 Å². The van der Waals surface area contributed by atoms with Crippen LogP contribution in [0, 0.1) is 0 Å². The highest BCUT2D eigenvalue weighted by Crippen LogP contribution is 2.11. The molecule has 1 rings (SSSR count). The highest BCUT2D eigenvalue weighted by molar-refractivity contribution is 5.92. The SMILES string of the molecule is CCN(CC)C1=CCC(=[N+]=[N-])C=C1.Cl. The number of hydrogen-bond acceptors (Lipinski definition) is 1. The Bertz CT molecular complexity index is 284. The van der Waals surface area contributed by atoms with Crippen LogP contribution in [0.1, 0.15) is 20.3 Å². The highest BCUT2D eigenvalue weighted by atomic mass is 35.5. The number of hydrogen-bond donors (Lipinski definition) is 0. The van der Waals surface area contributed by atoms with Crippen LogP contribution in [0.4, 0.5) is 0 Å². The number of nitrogens with zero attached hydrogens (tertiary/aromatic N) is 3. The Morgan fingerprint density at radius 1 is 1.36 bits per heavy atom. The van der Waals surface area contributed by atoms with Crippen LogP contribution < -0.4 is 0 Å². The van der Waals surface area contributed by atoms with Gasteiger partial charge in [0.2, 0.25) is 0 Å². The van der Waals surface area contributed by atoms with Gasteiger partial charge in [0.25, 0.3) is 5.71 Å². The lowest BCUT2D eigenvalue weighted by Gasteiger charge is -2.22. The van der Waals surface area contributed by atoms with Crippen molar-refractivity contribution < 1.29 is 4.79 Å². The summed E-state index contributed by atoms with van der Waals surface area (Å²) in [5, 5.41) is 0. The summed E-state index contributed by atoms with van der Waals surface area (Å²) in [5.41, 5.74) is 10.5. The van der Waals surface area contributed by atoms with Crippen molar-refractivity contribution in [2.45, 2.75) is 20.3 Å². The third kappa shape index (κ3) is 3.02. The number of allylic oxidation sites excluding steroid dienone is 3. The molecule has 4 heteroatoms. The fourth-order valence-corrected chi connectivity index (χ4v) is 1.42. The Hall–Kier alpha value is -1.05. The Kier molecular flexibility index (Phi) is 5.93. The average molecular weight is 214 g/mol. The molecule has 3 nitrogen and oxygen atoms in total. The smallest absolute Gasteiger partial charge is 0.295 e. The summed E-state index contributed by atoms with van der Waals surface area (Å²) in [6, 6.07) is 0. The molecule has 1 aliphatic carbocycles. The first kappa shape index (κ1) is 12.9. The van der Waals surface area contributed by atoms with E-state index in [0.29, 0.717) is 0 Å². The summed E-state index contributed by atoms with van der Waals surface area (Å²) in [5.74, 6) is 0. The number of halogens is 1. The Morgan fingerprint density at radius 3 is 2.36 bits per heavy atom. The van der Waals surface area contributed by atoms with Gasteiger partial charge in [-0.2, -0.15) is 4.79 Å². The minimum Gasteiger partial charge on any atom is -0.372 e. The first-order valence-electron chi connectivity index (χ1n) is 4.66. The van der Waals surface area contributed by atoms with Crippen molar-refractivity contribution in [1.29, 1.82) is 0 Å². The van der Waals surface area contributed by atoms with Crippen molar-refractivity contribution in [3.63, 3.8) is 0 Å². The molecule has 0 aliphatic heterocycles. The van der Waals surface area contributed by atoms with Crippen LogP contribution in [0.15, 0.2) is 23.9 Å². The third-order valence-electron chi connectivity index (χ3n) is 2.22. The Labute approximate surface area is 91.1 Å². The molecular formula is C10H16ClN3. The Morgan fingerprint density at radius 2 is 2.00 bits per heavy atom. The molecule has 0 spiro atoms. The molecule has 0 saturated carbocycles. The fourth-order valence-electron chi connectivity index (χ4n) is 1.42. The summed E-state index contributed by atoms with van der Waals surface area (Å²) in [4.78, 5) is 5.43. The molecule has 78 valence electrons. The standard InChI is InChI=1S/C10H15N3.ClH/c1-3-13(4-2)10-7-5-9(12-11)6-8-10;/h5,7-8H,3-4,6H2,1-2H3;1H. The van der Waals surface area contributed by atoms with E-state index in [2.05, 4.69) is 29.6 Å². The minimum atomic E-state index is 0. The predicted molar refractivity (Wildman–Crippen MR) is 60.6 cm³/mol. The van der Waals surface area contributed by atoms with Crippen molar-refractivity contribution in [3.05, 3.63) is 29.5 Å². The van der Waals surface area contributed by atoms with Crippen LogP contribution in [0.2, 0.25) is 0 Å². The first-order valence-corrected chi connectivity index (χ1v) is 4.66. The summed E-state index contributed by atoms with van der Waals surface area (Å²) >= 11 is 0. The second kappa shape index (κ2) is 6.41. The highest BCUT2D eigenvalue weighted by Gasteiger charge is 2.10. The van der Waals surface area contributed by atoms with Crippen molar-refractivity contribution in [1.82, 2.24) is 4.90 Å². The van der Waals surface area contributed by atoms with E-state index in [9.17, 15) is 0 Å². The molecule has 0 bridgehead atoms. The van der Waals surface area contributed by atoms with Crippen molar-refractivity contribution in [2.75, 3.05) is 13.1 Å². The lowest BCUT2D eigenvalue weighted by atomic mass is 10.1. The van der Waals surface area contributed by atoms with Gasteiger partial charge in [-0.05, 0) is 26.0 Å². The van der Waals surface area contributed by atoms with Gasteiger partial charge in [-0.3, -0.25) is 0 Å². The largest absolute Gasteiger partial charge is 0.372 e. The van der Waals surface area contributed by atoms with Crippen LogP contribution in [-0.2, 0) is 0 Å². The number of likely N-dealkylation sites (N-methyl/N-ethyl adjacent to an activating group) is 1. The molecule has 0 aromatic rings. The van der Waals surface area contributed by atoms with Gasteiger partial charge in [0.15, 0.2) is 0 Å². The van der Waals surface area contributed by atoms with Gasteiger partial charge in [0.1, 0.15) is 0 Å². The zero-order valence-electron chi connectivity index (χ0n) is 8.60. The van der Waals surface area contributed by atoms with Crippen molar-refractivity contribution in [3.8, 4) is 0 Å². The maximum atomic E-state index is 8.52. The van der Waals surface area contributed by atoms with Crippen LogP contribution in [0.3, 0.4) is 0 Å². The summed E-state index contributed by atoms with van der Waals surface area (Å²) in [6.45, 7) is 6.29. The topological polar surface area (TPSA) is 39.6 Å². The van der Waals surface area contributed by atoms with Crippen LogP contribution in [0.5, 0.6) is 0 Å². The van der Waals surface area contributed by atoms with Crippen LogP contribution >= 0.6 is 12.4 Å². The molecule has 0 atom stereocenters. The zero-order chi connectivity index (χ0) is 9.68. The molecule has 0 aromatic carbocycles. The summed E-state index contributed by atoms with van der Waals surface area (Å²) < 4.78 is 0. The van der Waals surface area contributed by atoms with E-state index >= 15 is 0 Å². The molecule has 0 fully saturated rings. The molecule has 0 saturated heterocycles. The van der Waals surface area contributed by atoms with E-state index < -0.39 is 0 Å². The van der Waals surface area contributed by atoms with Crippen LogP contribution in [-0.4, -0.2) is 28.5 Å². The molecule has 0 amide bonds. The molecule has 0 N–H and O–H groups in total. The van der Waals surface area contributed by atoms with E-state index in [4.69, 9.17) is 5.53 Å². The normalized spacial score (nSPS) is 14.1.